The molecule has 308 valence electrons. The van der Waals surface area contributed by atoms with Gasteiger partial charge in [-0.2, -0.15) is 17.0 Å². The smallest absolute Gasteiger partial charge is 0.295 e. The van der Waals surface area contributed by atoms with Crippen LogP contribution in [-0.4, -0.2) is 115 Å². The largest absolute Gasteiger partial charge is 0.379 e. The first-order valence-corrected chi connectivity index (χ1v) is 24.4. The predicted octanol–water partition coefficient (Wildman–Crippen LogP) is 5.09. The van der Waals surface area contributed by atoms with Gasteiger partial charge in [-0.1, -0.05) is 36.4 Å². The van der Waals surface area contributed by atoms with Crippen molar-refractivity contribution in [2.24, 2.45) is 0 Å². The number of morpholine rings is 2. The Morgan fingerprint density at radius 2 is 1.10 bits per heavy atom. The third-order valence-corrected chi connectivity index (χ3v) is 15.9. The highest BCUT2D eigenvalue weighted by atomic mass is 32.2. The van der Waals surface area contributed by atoms with Crippen molar-refractivity contribution in [1.29, 1.82) is 0 Å². The molecule has 2 aliphatic heterocycles. The summed E-state index contributed by atoms with van der Waals surface area (Å²) in [6, 6.07) is 19.2. The number of benzene rings is 4. The maximum Gasteiger partial charge on any atom is 0.295 e. The quantitative estimate of drug-likeness (QED) is 0.0910. The van der Waals surface area contributed by atoms with Crippen molar-refractivity contribution in [2.45, 2.75) is 24.5 Å². The first kappa shape index (κ1) is 43.5. The molecule has 0 bridgehead atoms. The van der Waals surface area contributed by atoms with Crippen LogP contribution in [0.4, 0.5) is 11.4 Å². The molecule has 15 nitrogen and oxygen atoms in total. The molecule has 4 aromatic carbocycles. The highest BCUT2D eigenvalue weighted by molar-refractivity contribution is 7.99. The second-order valence-corrected chi connectivity index (χ2v) is 19.7. The molecule has 2 amide bonds. The summed E-state index contributed by atoms with van der Waals surface area (Å²) in [6.45, 7) is 1.77. The van der Waals surface area contributed by atoms with Crippen molar-refractivity contribution in [2.75, 3.05) is 75.8 Å². The van der Waals surface area contributed by atoms with Gasteiger partial charge in [0.1, 0.15) is 4.90 Å². The molecule has 0 atom stereocenters. The van der Waals surface area contributed by atoms with Crippen LogP contribution < -0.4 is 10.6 Å². The summed E-state index contributed by atoms with van der Waals surface area (Å²) in [5.41, 5.74) is 0.954. The zero-order chi connectivity index (χ0) is 41.7. The molecule has 0 spiro atoms. The van der Waals surface area contributed by atoms with Gasteiger partial charge in [0.05, 0.1) is 36.2 Å². The monoisotopic (exact) mass is 888 g/mol. The predicted molar refractivity (Wildman–Crippen MR) is 223 cm³/mol. The highest BCUT2D eigenvalue weighted by Crippen LogP contribution is 2.32. The molecule has 2 heterocycles. The summed E-state index contributed by atoms with van der Waals surface area (Å²) < 4.78 is 103. The third kappa shape index (κ3) is 9.84. The van der Waals surface area contributed by atoms with Crippen LogP contribution in [0.3, 0.4) is 0 Å². The molecule has 0 radical (unpaired) electrons. The van der Waals surface area contributed by atoms with Gasteiger partial charge < -0.3 is 20.1 Å². The number of para-hydroxylation sites is 1. The first-order valence-electron chi connectivity index (χ1n) is 17.7. The lowest BCUT2D eigenvalue weighted by atomic mass is 10.1. The standard InChI is InChI=1S/C38H40N4O11S5/c1-54-32-13-10-28(23-35(32)56(45,46)41-15-19-52-20-16-41)37(43)39-30-12-9-27(34(25-30)58(49,50)51)8-7-26-5-3-4-6-31(26)40-38(44)29-11-14-33(55-2)36(24-29)57(47,48)42-17-21-53-22-18-42/h3-14,23-25H,15-22H2,1-2H3,(H,39,43)(H,40,44)(H,49,50,51). The van der Waals surface area contributed by atoms with Gasteiger partial charge in [0.2, 0.25) is 20.0 Å². The Morgan fingerprint density at radius 3 is 1.60 bits per heavy atom. The minimum absolute atomic E-state index is 0.00933. The second kappa shape index (κ2) is 18.4. The maximum atomic E-state index is 13.5. The van der Waals surface area contributed by atoms with Crippen molar-refractivity contribution in [3.8, 4) is 0 Å². The van der Waals surface area contributed by atoms with Gasteiger partial charge in [0, 0.05) is 58.5 Å². The van der Waals surface area contributed by atoms with Crippen molar-refractivity contribution in [1.82, 2.24) is 8.61 Å². The summed E-state index contributed by atoms with van der Waals surface area (Å²) in [7, 11) is -12.7. The fraction of sp³-hybridized carbons (Fsp3) is 0.263. The highest BCUT2D eigenvalue weighted by Gasteiger charge is 2.31. The molecule has 6 rings (SSSR count). The van der Waals surface area contributed by atoms with Crippen LogP contribution in [0.15, 0.2) is 103 Å². The number of nitrogens with zero attached hydrogens (tertiary/aromatic N) is 2. The van der Waals surface area contributed by atoms with Gasteiger partial charge in [0.25, 0.3) is 21.9 Å². The molecule has 20 heteroatoms. The van der Waals surface area contributed by atoms with Crippen LogP contribution in [0.5, 0.6) is 0 Å². The molecule has 58 heavy (non-hydrogen) atoms. The number of hydrogen-bond donors (Lipinski definition) is 3. The second-order valence-electron chi connectivity index (χ2n) is 12.8. The van der Waals surface area contributed by atoms with Crippen molar-refractivity contribution < 1.29 is 48.9 Å². The van der Waals surface area contributed by atoms with E-state index in [4.69, 9.17) is 9.47 Å². The number of carbonyl (C=O) groups excluding carboxylic acids is 2. The fourth-order valence-electron chi connectivity index (χ4n) is 6.20. The average Bonchev–Trinajstić information content (AvgIpc) is 3.23. The molecule has 2 saturated heterocycles. The number of amides is 2. The van der Waals surface area contributed by atoms with Gasteiger partial charge in [-0.3, -0.25) is 14.1 Å². The molecule has 0 aromatic heterocycles. The number of nitrogens with one attached hydrogen (secondary N) is 2. The molecular weight excluding hydrogens is 849 g/mol. The number of hydrogen-bond acceptors (Lipinski definition) is 12. The Bertz CT molecular complexity index is 2570. The normalized spacial score (nSPS) is 16.0. The van der Waals surface area contributed by atoms with E-state index in [1.54, 1.807) is 42.8 Å². The fourth-order valence-corrected chi connectivity index (χ4v) is 12.0. The van der Waals surface area contributed by atoms with E-state index >= 15 is 0 Å². The number of thioether (sulfide) groups is 2. The minimum atomic E-state index is -4.84. The lowest BCUT2D eigenvalue weighted by Gasteiger charge is -2.27. The van der Waals surface area contributed by atoms with Crippen LogP contribution in [0.25, 0.3) is 12.2 Å². The Balaban J connectivity index is 1.22. The molecule has 4 aromatic rings. The zero-order valence-electron chi connectivity index (χ0n) is 31.3. The molecule has 0 unspecified atom stereocenters. The molecule has 2 aliphatic rings. The molecule has 0 saturated carbocycles. The summed E-state index contributed by atoms with van der Waals surface area (Å²) in [6.07, 6.45) is 6.40. The summed E-state index contributed by atoms with van der Waals surface area (Å²) in [5, 5.41) is 5.39. The zero-order valence-corrected chi connectivity index (χ0v) is 35.4. The van der Waals surface area contributed by atoms with Gasteiger partial charge in [-0.15, -0.1) is 23.5 Å². The Labute approximate surface area is 346 Å². The van der Waals surface area contributed by atoms with Crippen molar-refractivity contribution in [3.05, 3.63) is 101 Å². The van der Waals surface area contributed by atoms with Crippen LogP contribution in [0.1, 0.15) is 31.8 Å². The van der Waals surface area contributed by atoms with Crippen LogP contribution in [0, 0.1) is 0 Å². The van der Waals surface area contributed by atoms with E-state index in [9.17, 15) is 39.4 Å². The van der Waals surface area contributed by atoms with Crippen LogP contribution >= 0.6 is 23.5 Å². The van der Waals surface area contributed by atoms with E-state index in [-0.39, 0.29) is 84.8 Å². The van der Waals surface area contributed by atoms with Gasteiger partial charge in [0.15, 0.2) is 0 Å². The average molecular weight is 889 g/mol. The lowest BCUT2D eigenvalue weighted by molar-refractivity contribution is 0.0729. The van der Waals surface area contributed by atoms with Gasteiger partial charge in [-0.05, 0) is 78.2 Å². The summed E-state index contributed by atoms with van der Waals surface area (Å²) in [5.74, 6) is -1.30. The van der Waals surface area contributed by atoms with E-state index in [2.05, 4.69) is 10.6 Å². The van der Waals surface area contributed by atoms with E-state index in [1.165, 1.54) is 86.8 Å². The topological polar surface area (TPSA) is 206 Å². The van der Waals surface area contributed by atoms with E-state index in [1.807, 2.05) is 0 Å². The van der Waals surface area contributed by atoms with Crippen molar-refractivity contribution >= 4 is 89.0 Å². The van der Waals surface area contributed by atoms with E-state index in [0.29, 0.717) is 21.0 Å². The number of anilines is 2. The SMILES string of the molecule is CSc1ccc(C(=O)Nc2ccc(C=Cc3ccccc3NC(=O)c3ccc(SC)c(S(=O)(=O)N4CCOCC4)c3)c(S(=O)(=O)O)c2)cc1S(=O)(=O)N1CCOCC1. The lowest BCUT2D eigenvalue weighted by Crippen LogP contribution is -2.40. The summed E-state index contributed by atoms with van der Waals surface area (Å²) >= 11 is 2.46. The molecule has 0 aliphatic carbocycles. The van der Waals surface area contributed by atoms with Gasteiger partial charge >= 0.3 is 0 Å². The number of sulfonamides is 2. The number of ether oxygens (including phenoxy) is 2. The maximum absolute atomic E-state index is 13.5. The molecule has 3 N–H and O–H groups in total. The van der Waals surface area contributed by atoms with Crippen LogP contribution in [0.2, 0.25) is 0 Å². The first-order chi connectivity index (χ1) is 27.6. The molecule has 2 fully saturated rings. The minimum Gasteiger partial charge on any atom is -0.379 e. The van der Waals surface area contributed by atoms with Crippen LogP contribution in [-0.2, 0) is 39.6 Å². The Morgan fingerprint density at radius 1 is 0.621 bits per heavy atom. The van der Waals surface area contributed by atoms with E-state index < -0.39 is 46.9 Å². The van der Waals surface area contributed by atoms with Gasteiger partial charge in [-0.25, -0.2) is 16.8 Å². The third-order valence-electron chi connectivity index (χ3n) is 9.23. The number of rotatable bonds is 13. The Kier molecular flexibility index (Phi) is 13.8. The van der Waals surface area contributed by atoms with Crippen molar-refractivity contribution in [3.63, 3.8) is 0 Å². The number of carbonyl (C=O) groups is 2. The summed E-state index contributed by atoms with van der Waals surface area (Å²) in [4.78, 5) is 27.3. The van der Waals surface area contributed by atoms with E-state index in [0.717, 1.165) is 6.07 Å². The Hall–Kier alpha value is -4.09. The molecular formula is C38H40N4O11S5.